The van der Waals surface area contributed by atoms with Gasteiger partial charge in [-0.15, -0.1) is 0 Å². The van der Waals surface area contributed by atoms with Crippen molar-refractivity contribution in [1.82, 2.24) is 10.3 Å². The summed E-state index contributed by atoms with van der Waals surface area (Å²) in [4.78, 5) is 17.3. The number of amides is 1. The van der Waals surface area contributed by atoms with Gasteiger partial charge < -0.3 is 19.9 Å². The molecule has 168 valence electrons. The molecule has 7 heteroatoms. The number of phenolic OH excluding ortho intramolecular Hbond substituents is 1. The maximum Gasteiger partial charge on any atom is 0.225 e. The van der Waals surface area contributed by atoms with Crippen LogP contribution in [0.15, 0.2) is 72.9 Å². The number of nitrogens with zero attached hydrogens (tertiary/aromatic N) is 1. The molecule has 2 N–H and O–H groups in total. The number of rotatable bonds is 7. The molecule has 0 saturated carbocycles. The van der Waals surface area contributed by atoms with Crippen molar-refractivity contribution in [3.05, 3.63) is 94.6 Å². The van der Waals surface area contributed by atoms with Crippen LogP contribution in [0.1, 0.15) is 22.7 Å². The van der Waals surface area contributed by atoms with Gasteiger partial charge in [0.1, 0.15) is 11.3 Å². The van der Waals surface area contributed by atoms with Crippen molar-refractivity contribution >= 4 is 28.4 Å². The number of hydrogen-bond donors (Lipinski definition) is 2. The maximum absolute atomic E-state index is 13.0. The number of hydrogen-bond acceptors (Lipinski definition) is 5. The van der Waals surface area contributed by atoms with E-state index in [1.165, 1.54) is 0 Å². The Labute approximate surface area is 196 Å². The number of aromatic hydroxyl groups is 1. The smallest absolute Gasteiger partial charge is 0.225 e. The predicted octanol–water partition coefficient (Wildman–Crippen LogP) is 5.06. The fourth-order valence-corrected chi connectivity index (χ4v) is 4.06. The van der Waals surface area contributed by atoms with Crippen molar-refractivity contribution in [3.8, 4) is 17.2 Å². The molecule has 3 aromatic carbocycles. The third-order valence-corrected chi connectivity index (χ3v) is 5.72. The van der Waals surface area contributed by atoms with Gasteiger partial charge >= 0.3 is 0 Å². The van der Waals surface area contributed by atoms with Crippen LogP contribution < -0.4 is 14.8 Å². The normalized spacial score (nSPS) is 11.7. The van der Waals surface area contributed by atoms with Crippen LogP contribution in [0.3, 0.4) is 0 Å². The van der Waals surface area contributed by atoms with Gasteiger partial charge in [-0.2, -0.15) is 0 Å². The molecule has 0 aliphatic carbocycles. The zero-order chi connectivity index (χ0) is 23.4. The predicted molar refractivity (Wildman–Crippen MR) is 128 cm³/mol. The Bertz CT molecular complexity index is 1290. The van der Waals surface area contributed by atoms with Gasteiger partial charge in [-0.05, 0) is 41.5 Å². The minimum Gasteiger partial charge on any atom is -0.505 e. The van der Waals surface area contributed by atoms with E-state index in [2.05, 4.69) is 10.3 Å². The highest BCUT2D eigenvalue weighted by Crippen LogP contribution is 2.40. The lowest BCUT2D eigenvalue weighted by Crippen LogP contribution is -2.30. The van der Waals surface area contributed by atoms with E-state index in [4.69, 9.17) is 21.1 Å². The Morgan fingerprint density at radius 3 is 2.52 bits per heavy atom. The number of aromatic nitrogens is 1. The molecule has 6 nitrogen and oxygen atoms in total. The third-order valence-electron chi connectivity index (χ3n) is 5.41. The van der Waals surface area contributed by atoms with Crippen molar-refractivity contribution < 1.29 is 19.4 Å². The molecule has 4 aromatic rings. The zero-order valence-corrected chi connectivity index (χ0v) is 19.0. The first-order valence-electron chi connectivity index (χ1n) is 10.3. The summed E-state index contributed by atoms with van der Waals surface area (Å²) in [6, 6.07) is 19.3. The monoisotopic (exact) mass is 462 g/mol. The number of carbonyl (C=O) groups excluding carboxylic acids is 1. The molecule has 0 spiro atoms. The molecule has 0 bridgehead atoms. The molecule has 0 saturated heterocycles. The van der Waals surface area contributed by atoms with Crippen LogP contribution in [0, 0.1) is 0 Å². The number of ether oxygens (including phenoxy) is 2. The van der Waals surface area contributed by atoms with Crippen molar-refractivity contribution in [3.63, 3.8) is 0 Å². The number of halogens is 1. The second-order valence-corrected chi connectivity index (χ2v) is 7.88. The quantitative estimate of drug-likeness (QED) is 0.401. The number of nitrogens with one attached hydrogen (secondary N) is 1. The number of carbonyl (C=O) groups is 1. The number of pyridine rings is 1. The first-order valence-corrected chi connectivity index (χ1v) is 10.7. The largest absolute Gasteiger partial charge is 0.505 e. The summed E-state index contributed by atoms with van der Waals surface area (Å²) in [6.07, 6.45) is 1.77. The molecule has 0 aliphatic heterocycles. The summed E-state index contributed by atoms with van der Waals surface area (Å²) in [5, 5.41) is 15.2. The molecular formula is C26H23ClN2O4. The van der Waals surface area contributed by atoms with Gasteiger partial charge in [-0.3, -0.25) is 9.78 Å². The Balaban J connectivity index is 1.80. The number of methoxy groups -OCH3 is 2. The molecule has 1 atom stereocenters. The van der Waals surface area contributed by atoms with Crippen molar-refractivity contribution in [2.75, 3.05) is 14.2 Å². The standard InChI is InChI=1S/C26H23ClN2O4/c1-32-21-11-10-17(14-22(21)33-2)24(29-23(30)13-16-7-4-3-5-8-16)19-15-20(27)18-9-6-12-28-25(18)26(19)31/h3-12,14-15,24,31H,13H2,1-2H3,(H,29,30). The average molecular weight is 463 g/mol. The molecule has 1 aromatic heterocycles. The van der Waals surface area contributed by atoms with Crippen molar-refractivity contribution in [2.45, 2.75) is 12.5 Å². The van der Waals surface area contributed by atoms with E-state index in [-0.39, 0.29) is 18.1 Å². The van der Waals surface area contributed by atoms with Gasteiger partial charge in [-0.25, -0.2) is 0 Å². The fourth-order valence-electron chi connectivity index (χ4n) is 3.79. The van der Waals surface area contributed by atoms with Crippen LogP contribution in [-0.4, -0.2) is 30.2 Å². The highest BCUT2D eigenvalue weighted by Gasteiger charge is 2.24. The summed E-state index contributed by atoms with van der Waals surface area (Å²) in [5.74, 6) is 0.798. The zero-order valence-electron chi connectivity index (χ0n) is 18.2. The molecule has 1 amide bonds. The van der Waals surface area contributed by atoms with E-state index in [1.807, 2.05) is 36.4 Å². The Kier molecular flexibility index (Phi) is 6.66. The average Bonchev–Trinajstić information content (AvgIpc) is 2.85. The van der Waals surface area contributed by atoms with E-state index in [9.17, 15) is 9.90 Å². The van der Waals surface area contributed by atoms with Crippen LogP contribution >= 0.6 is 11.6 Å². The Morgan fingerprint density at radius 1 is 1.03 bits per heavy atom. The third kappa shape index (κ3) is 4.71. The molecule has 0 fully saturated rings. The van der Waals surface area contributed by atoms with Gasteiger partial charge in [0.05, 0.1) is 31.7 Å². The fraction of sp³-hybridized carbons (Fsp3) is 0.154. The van der Waals surface area contributed by atoms with E-state index in [0.29, 0.717) is 38.6 Å². The molecular weight excluding hydrogens is 440 g/mol. The first kappa shape index (κ1) is 22.4. The summed E-state index contributed by atoms with van der Waals surface area (Å²) < 4.78 is 10.8. The summed E-state index contributed by atoms with van der Waals surface area (Å²) in [6.45, 7) is 0. The van der Waals surface area contributed by atoms with Gasteiger partial charge in [0, 0.05) is 17.1 Å². The van der Waals surface area contributed by atoms with Crippen LogP contribution in [0.4, 0.5) is 0 Å². The summed E-state index contributed by atoms with van der Waals surface area (Å²) >= 11 is 6.53. The molecule has 4 rings (SSSR count). The SMILES string of the molecule is COc1ccc(C(NC(=O)Cc2ccccc2)c2cc(Cl)c3cccnc3c2O)cc1OC. The number of benzene rings is 3. The van der Waals surface area contributed by atoms with E-state index < -0.39 is 6.04 Å². The van der Waals surface area contributed by atoms with E-state index in [0.717, 1.165) is 5.56 Å². The lowest BCUT2D eigenvalue weighted by atomic mass is 9.95. The van der Waals surface area contributed by atoms with Crippen LogP contribution in [0.5, 0.6) is 17.2 Å². The number of fused-ring (bicyclic) bond motifs is 1. The molecule has 1 heterocycles. The first-order chi connectivity index (χ1) is 16.0. The minimum atomic E-state index is -0.704. The van der Waals surface area contributed by atoms with Crippen molar-refractivity contribution in [1.29, 1.82) is 0 Å². The second-order valence-electron chi connectivity index (χ2n) is 7.47. The topological polar surface area (TPSA) is 80.7 Å². The highest BCUT2D eigenvalue weighted by atomic mass is 35.5. The summed E-state index contributed by atoms with van der Waals surface area (Å²) in [5.41, 5.74) is 2.36. The Morgan fingerprint density at radius 2 is 1.79 bits per heavy atom. The lowest BCUT2D eigenvalue weighted by molar-refractivity contribution is -0.120. The minimum absolute atomic E-state index is 0.0465. The highest BCUT2D eigenvalue weighted by molar-refractivity contribution is 6.35. The van der Waals surface area contributed by atoms with Crippen LogP contribution in [0.2, 0.25) is 5.02 Å². The molecule has 0 radical (unpaired) electrons. The molecule has 0 aliphatic rings. The van der Waals surface area contributed by atoms with Crippen molar-refractivity contribution in [2.24, 2.45) is 0 Å². The van der Waals surface area contributed by atoms with Crippen LogP contribution in [-0.2, 0) is 11.2 Å². The molecule has 33 heavy (non-hydrogen) atoms. The Hall–Kier alpha value is -3.77. The maximum atomic E-state index is 13.0. The van der Waals surface area contributed by atoms with Gasteiger partial charge in [0.2, 0.25) is 5.91 Å². The molecule has 1 unspecified atom stereocenters. The van der Waals surface area contributed by atoms with Gasteiger partial charge in [0.25, 0.3) is 0 Å². The lowest BCUT2D eigenvalue weighted by Gasteiger charge is -2.23. The van der Waals surface area contributed by atoms with Crippen LogP contribution in [0.25, 0.3) is 10.9 Å². The van der Waals surface area contributed by atoms with E-state index in [1.54, 1.807) is 50.7 Å². The number of phenols is 1. The van der Waals surface area contributed by atoms with Gasteiger partial charge in [-0.1, -0.05) is 48.0 Å². The summed E-state index contributed by atoms with van der Waals surface area (Å²) in [7, 11) is 3.09. The van der Waals surface area contributed by atoms with Gasteiger partial charge in [0.15, 0.2) is 11.5 Å². The second kappa shape index (κ2) is 9.79. The van der Waals surface area contributed by atoms with E-state index >= 15 is 0 Å².